The topological polar surface area (TPSA) is 79.9 Å². The van der Waals surface area contributed by atoms with Crippen molar-refractivity contribution in [1.82, 2.24) is 10.2 Å². The minimum Gasteiger partial charge on any atom is -0.454 e. The molecule has 2 aromatic carbocycles. The van der Waals surface area contributed by atoms with Crippen LogP contribution in [0.15, 0.2) is 42.5 Å². The van der Waals surface area contributed by atoms with Crippen molar-refractivity contribution in [2.45, 2.75) is 19.0 Å². The highest BCUT2D eigenvalue weighted by Gasteiger charge is 2.30. The van der Waals surface area contributed by atoms with Crippen molar-refractivity contribution in [3.8, 4) is 11.5 Å². The molecule has 2 aromatic rings. The van der Waals surface area contributed by atoms with Crippen molar-refractivity contribution in [3.05, 3.63) is 53.8 Å². The molecule has 1 fully saturated rings. The highest BCUT2D eigenvalue weighted by Crippen LogP contribution is 2.34. The van der Waals surface area contributed by atoms with E-state index in [4.69, 9.17) is 9.47 Å². The highest BCUT2D eigenvalue weighted by atomic mass is 19.1. The smallest absolute Gasteiger partial charge is 0.319 e. The maximum Gasteiger partial charge on any atom is 0.319 e. The van der Waals surface area contributed by atoms with Crippen molar-refractivity contribution >= 4 is 17.6 Å². The van der Waals surface area contributed by atoms with Crippen LogP contribution in [0.25, 0.3) is 0 Å². The molecule has 0 saturated carbocycles. The zero-order valence-corrected chi connectivity index (χ0v) is 14.4. The summed E-state index contributed by atoms with van der Waals surface area (Å²) in [6.45, 7) is 0.860. The van der Waals surface area contributed by atoms with Gasteiger partial charge in [-0.3, -0.25) is 4.79 Å². The lowest BCUT2D eigenvalue weighted by Crippen LogP contribution is -2.39. The van der Waals surface area contributed by atoms with Gasteiger partial charge in [0.25, 0.3) is 0 Å². The van der Waals surface area contributed by atoms with Crippen LogP contribution < -0.4 is 20.1 Å². The van der Waals surface area contributed by atoms with Crippen LogP contribution in [-0.4, -0.2) is 36.2 Å². The molecule has 2 heterocycles. The molecule has 8 heteroatoms. The summed E-state index contributed by atoms with van der Waals surface area (Å²) in [7, 11) is 0. The van der Waals surface area contributed by atoms with Crippen LogP contribution in [-0.2, 0) is 11.3 Å². The third-order valence-electron chi connectivity index (χ3n) is 4.44. The monoisotopic (exact) mass is 371 g/mol. The Hall–Kier alpha value is -3.29. The number of hydrogen-bond donors (Lipinski definition) is 2. The number of likely N-dealkylation sites (tertiary alicyclic amines) is 1. The van der Waals surface area contributed by atoms with Crippen molar-refractivity contribution < 1.29 is 23.5 Å². The number of hydrogen-bond acceptors (Lipinski definition) is 4. The Morgan fingerprint density at radius 2 is 2.04 bits per heavy atom. The fourth-order valence-corrected chi connectivity index (χ4v) is 3.20. The normalized spacial score (nSPS) is 17.9. The highest BCUT2D eigenvalue weighted by molar-refractivity contribution is 5.91. The summed E-state index contributed by atoms with van der Waals surface area (Å²) in [5, 5.41) is 5.51. The molecule has 0 aliphatic carbocycles. The molecule has 4 rings (SSSR count). The van der Waals surface area contributed by atoms with Gasteiger partial charge < -0.3 is 25.0 Å². The number of carbonyl (C=O) groups is 2. The van der Waals surface area contributed by atoms with Crippen LogP contribution in [0, 0.1) is 5.82 Å². The second-order valence-corrected chi connectivity index (χ2v) is 6.47. The lowest BCUT2D eigenvalue weighted by Gasteiger charge is -2.17. The van der Waals surface area contributed by atoms with Gasteiger partial charge >= 0.3 is 6.03 Å². The second-order valence-electron chi connectivity index (χ2n) is 6.47. The van der Waals surface area contributed by atoms with E-state index in [2.05, 4.69) is 10.6 Å². The number of fused-ring (bicyclic) bond motifs is 1. The van der Waals surface area contributed by atoms with Crippen LogP contribution in [0.3, 0.4) is 0 Å². The van der Waals surface area contributed by atoms with E-state index in [1.54, 1.807) is 35.2 Å². The van der Waals surface area contributed by atoms with Crippen LogP contribution in [0.2, 0.25) is 0 Å². The molecule has 1 atom stereocenters. The molecule has 0 bridgehead atoms. The number of nitrogens with zero attached hydrogens (tertiary/aromatic N) is 1. The van der Waals surface area contributed by atoms with E-state index in [1.807, 2.05) is 0 Å². The average molecular weight is 371 g/mol. The molecule has 1 saturated heterocycles. The van der Waals surface area contributed by atoms with E-state index in [0.29, 0.717) is 35.8 Å². The summed E-state index contributed by atoms with van der Waals surface area (Å²) in [5.74, 6) is 0.796. The third kappa shape index (κ3) is 3.94. The fourth-order valence-electron chi connectivity index (χ4n) is 3.20. The number of urea groups is 1. The van der Waals surface area contributed by atoms with Crippen LogP contribution in [0.4, 0.5) is 14.9 Å². The summed E-state index contributed by atoms with van der Waals surface area (Å²) in [4.78, 5) is 26.0. The average Bonchev–Trinajstić information content (AvgIpc) is 3.21. The first-order valence-corrected chi connectivity index (χ1v) is 8.56. The summed E-state index contributed by atoms with van der Waals surface area (Å²) in [6.07, 6.45) is 0.212. The number of halogens is 1. The summed E-state index contributed by atoms with van der Waals surface area (Å²) >= 11 is 0. The summed E-state index contributed by atoms with van der Waals surface area (Å²) in [6, 6.07) is 10.5. The molecular formula is C19H18FN3O4. The largest absolute Gasteiger partial charge is 0.454 e. The molecule has 0 radical (unpaired) electrons. The van der Waals surface area contributed by atoms with E-state index in [0.717, 1.165) is 0 Å². The van der Waals surface area contributed by atoms with Gasteiger partial charge in [0.05, 0.1) is 6.04 Å². The number of nitrogens with one attached hydrogen (secondary N) is 2. The number of carbonyl (C=O) groups excluding carboxylic acids is 2. The molecule has 140 valence electrons. The predicted octanol–water partition coefficient (Wildman–Crippen LogP) is 2.48. The minimum absolute atomic E-state index is 0.0763. The molecule has 3 amide bonds. The van der Waals surface area contributed by atoms with Gasteiger partial charge in [-0.2, -0.15) is 0 Å². The van der Waals surface area contributed by atoms with E-state index < -0.39 is 6.03 Å². The SMILES string of the molecule is O=C(Nc1ccc2c(c1)OCO2)NC1CC(=O)N(Cc2cccc(F)c2)C1. The summed E-state index contributed by atoms with van der Waals surface area (Å²) in [5.41, 5.74) is 1.28. The lowest BCUT2D eigenvalue weighted by atomic mass is 10.2. The number of anilines is 1. The van der Waals surface area contributed by atoms with Gasteiger partial charge in [0.1, 0.15) is 5.82 Å². The molecule has 2 N–H and O–H groups in total. The van der Waals surface area contributed by atoms with Gasteiger partial charge in [0, 0.05) is 31.3 Å². The first kappa shape index (κ1) is 17.1. The Morgan fingerprint density at radius 3 is 2.89 bits per heavy atom. The Morgan fingerprint density at radius 1 is 1.19 bits per heavy atom. The molecule has 0 spiro atoms. The first-order valence-electron chi connectivity index (χ1n) is 8.56. The Labute approximate surface area is 155 Å². The van der Waals surface area contributed by atoms with Gasteiger partial charge in [0.15, 0.2) is 11.5 Å². The van der Waals surface area contributed by atoms with Crippen molar-refractivity contribution in [2.24, 2.45) is 0 Å². The molecule has 2 aliphatic rings. The summed E-state index contributed by atoms with van der Waals surface area (Å²) < 4.78 is 23.8. The molecule has 1 unspecified atom stereocenters. The fraction of sp³-hybridized carbons (Fsp3) is 0.263. The Bertz CT molecular complexity index is 889. The zero-order valence-electron chi connectivity index (χ0n) is 14.4. The molecular weight excluding hydrogens is 353 g/mol. The number of benzene rings is 2. The van der Waals surface area contributed by atoms with Crippen LogP contribution >= 0.6 is 0 Å². The quantitative estimate of drug-likeness (QED) is 0.865. The third-order valence-corrected chi connectivity index (χ3v) is 4.44. The van der Waals surface area contributed by atoms with Crippen molar-refractivity contribution in [2.75, 3.05) is 18.7 Å². The Kier molecular flexibility index (Phi) is 4.53. The first-order chi connectivity index (χ1) is 13.1. The van der Waals surface area contributed by atoms with Gasteiger partial charge in [-0.25, -0.2) is 9.18 Å². The standard InChI is InChI=1S/C19H18FN3O4/c20-13-3-1-2-12(6-13)9-23-10-15(8-18(23)24)22-19(25)21-14-4-5-16-17(7-14)27-11-26-16/h1-7,15H,8-11H2,(H2,21,22,25). The lowest BCUT2D eigenvalue weighted by molar-refractivity contribution is -0.128. The molecule has 7 nitrogen and oxygen atoms in total. The van der Waals surface area contributed by atoms with E-state index >= 15 is 0 Å². The minimum atomic E-state index is -0.403. The van der Waals surface area contributed by atoms with Gasteiger partial charge in [-0.05, 0) is 29.8 Å². The second kappa shape index (κ2) is 7.14. The molecule has 0 aromatic heterocycles. The number of amides is 3. The maximum absolute atomic E-state index is 13.3. The Balaban J connectivity index is 1.32. The van der Waals surface area contributed by atoms with Gasteiger partial charge in [0.2, 0.25) is 12.7 Å². The van der Waals surface area contributed by atoms with Crippen LogP contribution in [0.1, 0.15) is 12.0 Å². The van der Waals surface area contributed by atoms with Crippen molar-refractivity contribution in [3.63, 3.8) is 0 Å². The molecule has 2 aliphatic heterocycles. The van der Waals surface area contributed by atoms with Gasteiger partial charge in [-0.1, -0.05) is 12.1 Å². The maximum atomic E-state index is 13.3. The van der Waals surface area contributed by atoms with E-state index in [1.165, 1.54) is 12.1 Å². The predicted molar refractivity (Wildman–Crippen MR) is 94.9 cm³/mol. The van der Waals surface area contributed by atoms with Crippen LogP contribution in [0.5, 0.6) is 11.5 Å². The van der Waals surface area contributed by atoms with E-state index in [9.17, 15) is 14.0 Å². The van der Waals surface area contributed by atoms with Gasteiger partial charge in [-0.15, -0.1) is 0 Å². The zero-order chi connectivity index (χ0) is 18.8. The number of ether oxygens (including phenoxy) is 2. The van der Waals surface area contributed by atoms with E-state index in [-0.39, 0.29) is 31.0 Å². The van der Waals surface area contributed by atoms with Crippen molar-refractivity contribution in [1.29, 1.82) is 0 Å². The number of rotatable bonds is 4. The molecule has 27 heavy (non-hydrogen) atoms.